The summed E-state index contributed by atoms with van der Waals surface area (Å²) in [6.07, 6.45) is 0.724. The Hall–Kier alpha value is -3.43. The Morgan fingerprint density at radius 1 is 0.941 bits per heavy atom. The number of hydrogen-bond donors (Lipinski definition) is 0. The van der Waals surface area contributed by atoms with Gasteiger partial charge < -0.3 is 14.2 Å². The van der Waals surface area contributed by atoms with Crippen molar-refractivity contribution in [1.29, 1.82) is 0 Å². The molecule has 0 radical (unpaired) electrons. The van der Waals surface area contributed by atoms with Gasteiger partial charge in [-0.1, -0.05) is 12.1 Å². The Labute approximate surface area is 204 Å². The standard InChI is InChI=1S/C25H22FN3O3S2/c1-30-21-8-6-15(11-17(21)26)19-14-34-25(27-19)29-20(13-18(28-29)24-5-4-10-33-24)16-7-9-22(31-2)23(12-16)32-3/h4-12,14,20H,13H2,1-3H3. The topological polar surface area (TPSA) is 56.2 Å². The van der Waals surface area contributed by atoms with E-state index in [4.69, 9.17) is 24.3 Å². The first-order valence-corrected chi connectivity index (χ1v) is 12.3. The fourth-order valence-corrected chi connectivity index (χ4v) is 5.48. The molecule has 0 saturated heterocycles. The molecule has 0 aliphatic carbocycles. The zero-order chi connectivity index (χ0) is 23.7. The molecular formula is C25H22FN3O3S2. The third-order valence-corrected chi connectivity index (χ3v) is 7.39. The Morgan fingerprint density at radius 2 is 1.74 bits per heavy atom. The average Bonchev–Trinajstić information content (AvgIpc) is 3.63. The van der Waals surface area contributed by atoms with E-state index in [9.17, 15) is 4.39 Å². The summed E-state index contributed by atoms with van der Waals surface area (Å²) in [4.78, 5) is 5.93. The SMILES string of the molecule is COc1ccc(-c2csc(N3N=C(c4cccs4)CC3c3ccc(OC)c(OC)c3)n2)cc1F. The first-order valence-electron chi connectivity index (χ1n) is 10.5. The number of nitrogens with zero attached hydrogens (tertiary/aromatic N) is 3. The van der Waals surface area contributed by atoms with Crippen molar-refractivity contribution >= 4 is 33.5 Å². The van der Waals surface area contributed by atoms with Crippen molar-refractivity contribution in [3.05, 3.63) is 75.5 Å². The lowest BCUT2D eigenvalue weighted by atomic mass is 10.0. The zero-order valence-electron chi connectivity index (χ0n) is 18.8. The van der Waals surface area contributed by atoms with Crippen molar-refractivity contribution in [1.82, 2.24) is 4.98 Å². The fraction of sp³-hybridized carbons (Fsp3) is 0.200. The molecule has 6 nitrogen and oxygen atoms in total. The normalized spacial score (nSPS) is 15.4. The van der Waals surface area contributed by atoms with Crippen LogP contribution in [0.25, 0.3) is 11.3 Å². The molecule has 3 heterocycles. The molecule has 2 aromatic carbocycles. The predicted molar refractivity (Wildman–Crippen MR) is 134 cm³/mol. The highest BCUT2D eigenvalue weighted by molar-refractivity contribution is 7.14. The summed E-state index contributed by atoms with van der Waals surface area (Å²) in [6, 6.07) is 14.8. The molecule has 0 spiro atoms. The minimum absolute atomic E-state index is 0.0662. The van der Waals surface area contributed by atoms with Crippen molar-refractivity contribution in [3.63, 3.8) is 0 Å². The van der Waals surface area contributed by atoms with Crippen LogP contribution in [0.3, 0.4) is 0 Å². The van der Waals surface area contributed by atoms with Gasteiger partial charge in [0, 0.05) is 17.4 Å². The Kier molecular flexibility index (Phi) is 6.21. The molecule has 174 valence electrons. The van der Waals surface area contributed by atoms with E-state index in [1.54, 1.807) is 37.7 Å². The number of ether oxygens (including phenoxy) is 3. The third kappa shape index (κ3) is 4.12. The number of benzene rings is 2. The first kappa shape index (κ1) is 22.4. The lowest BCUT2D eigenvalue weighted by Crippen LogP contribution is -2.18. The van der Waals surface area contributed by atoms with Crippen LogP contribution >= 0.6 is 22.7 Å². The molecule has 4 aromatic rings. The van der Waals surface area contributed by atoms with E-state index in [1.165, 1.54) is 24.5 Å². The van der Waals surface area contributed by atoms with E-state index in [0.29, 0.717) is 22.8 Å². The molecule has 1 atom stereocenters. The monoisotopic (exact) mass is 495 g/mol. The van der Waals surface area contributed by atoms with Crippen LogP contribution in [0.5, 0.6) is 17.2 Å². The molecule has 34 heavy (non-hydrogen) atoms. The number of hydrogen-bond acceptors (Lipinski definition) is 8. The maximum absolute atomic E-state index is 14.3. The van der Waals surface area contributed by atoms with E-state index >= 15 is 0 Å². The number of thiazole rings is 1. The molecule has 9 heteroatoms. The number of anilines is 1. The van der Waals surface area contributed by atoms with Crippen molar-refractivity contribution in [2.75, 3.05) is 26.3 Å². The van der Waals surface area contributed by atoms with Crippen LogP contribution in [0.15, 0.2) is 64.4 Å². The van der Waals surface area contributed by atoms with Crippen LogP contribution < -0.4 is 19.2 Å². The molecule has 0 fully saturated rings. The molecule has 1 unspecified atom stereocenters. The molecule has 1 aliphatic rings. The number of aromatic nitrogens is 1. The summed E-state index contributed by atoms with van der Waals surface area (Å²) in [5.41, 5.74) is 3.42. The van der Waals surface area contributed by atoms with Crippen molar-refractivity contribution in [2.24, 2.45) is 5.10 Å². The summed E-state index contributed by atoms with van der Waals surface area (Å²) in [5.74, 6) is 1.13. The summed E-state index contributed by atoms with van der Waals surface area (Å²) in [7, 11) is 4.70. The van der Waals surface area contributed by atoms with Crippen LogP contribution in [-0.4, -0.2) is 32.0 Å². The van der Waals surface area contributed by atoms with E-state index < -0.39 is 5.82 Å². The Morgan fingerprint density at radius 3 is 2.44 bits per heavy atom. The summed E-state index contributed by atoms with van der Waals surface area (Å²) >= 11 is 3.14. The number of thiophene rings is 1. The van der Waals surface area contributed by atoms with E-state index in [2.05, 4.69) is 6.07 Å². The second kappa shape index (κ2) is 9.44. The predicted octanol–water partition coefficient (Wildman–Crippen LogP) is 6.39. The van der Waals surface area contributed by atoms with Gasteiger partial charge in [-0.15, -0.1) is 22.7 Å². The van der Waals surface area contributed by atoms with Gasteiger partial charge in [-0.2, -0.15) is 5.10 Å². The Balaban J connectivity index is 1.52. The lowest BCUT2D eigenvalue weighted by molar-refractivity contribution is 0.354. The highest BCUT2D eigenvalue weighted by Gasteiger charge is 2.32. The summed E-state index contributed by atoms with van der Waals surface area (Å²) in [5, 5.41) is 11.6. The van der Waals surface area contributed by atoms with Crippen LogP contribution in [0, 0.1) is 5.82 Å². The first-order chi connectivity index (χ1) is 16.6. The van der Waals surface area contributed by atoms with Gasteiger partial charge in [0.05, 0.1) is 43.7 Å². The average molecular weight is 496 g/mol. The number of hydrazone groups is 1. The van der Waals surface area contributed by atoms with E-state index in [-0.39, 0.29) is 11.8 Å². The lowest BCUT2D eigenvalue weighted by Gasteiger charge is -2.22. The fourth-order valence-electron chi connectivity index (χ4n) is 3.93. The van der Waals surface area contributed by atoms with Crippen LogP contribution in [0.1, 0.15) is 22.9 Å². The molecule has 0 bridgehead atoms. The number of methoxy groups -OCH3 is 3. The van der Waals surface area contributed by atoms with Gasteiger partial charge >= 0.3 is 0 Å². The minimum Gasteiger partial charge on any atom is -0.494 e. The smallest absolute Gasteiger partial charge is 0.207 e. The second-order valence-corrected chi connectivity index (χ2v) is 9.35. The third-order valence-electron chi connectivity index (χ3n) is 5.64. The highest BCUT2D eigenvalue weighted by atomic mass is 32.1. The molecule has 0 saturated carbocycles. The molecular weight excluding hydrogens is 473 g/mol. The van der Waals surface area contributed by atoms with Gasteiger partial charge in [0.1, 0.15) is 0 Å². The molecule has 1 aliphatic heterocycles. The van der Waals surface area contributed by atoms with E-state index in [1.807, 2.05) is 40.0 Å². The largest absolute Gasteiger partial charge is 0.494 e. The summed E-state index contributed by atoms with van der Waals surface area (Å²) in [6.45, 7) is 0. The highest BCUT2D eigenvalue weighted by Crippen LogP contribution is 2.42. The summed E-state index contributed by atoms with van der Waals surface area (Å²) < 4.78 is 30.2. The van der Waals surface area contributed by atoms with E-state index in [0.717, 1.165) is 27.7 Å². The van der Waals surface area contributed by atoms with Gasteiger partial charge in [-0.25, -0.2) is 14.4 Å². The molecule has 5 rings (SSSR count). The van der Waals surface area contributed by atoms with Crippen LogP contribution in [-0.2, 0) is 0 Å². The maximum Gasteiger partial charge on any atom is 0.207 e. The molecule has 2 aromatic heterocycles. The number of rotatable bonds is 7. The van der Waals surface area contributed by atoms with Gasteiger partial charge in [0.2, 0.25) is 5.13 Å². The van der Waals surface area contributed by atoms with Crippen LogP contribution in [0.2, 0.25) is 0 Å². The molecule has 0 N–H and O–H groups in total. The van der Waals surface area contributed by atoms with Crippen molar-refractivity contribution < 1.29 is 18.6 Å². The molecule has 0 amide bonds. The number of halogens is 1. The minimum atomic E-state index is -0.420. The van der Waals surface area contributed by atoms with Crippen molar-refractivity contribution in [3.8, 4) is 28.5 Å². The van der Waals surface area contributed by atoms with Gasteiger partial charge in [0.25, 0.3) is 0 Å². The van der Waals surface area contributed by atoms with Crippen LogP contribution in [0.4, 0.5) is 9.52 Å². The quantitative estimate of drug-likeness (QED) is 0.297. The van der Waals surface area contributed by atoms with Gasteiger partial charge in [-0.3, -0.25) is 0 Å². The van der Waals surface area contributed by atoms with Gasteiger partial charge in [-0.05, 0) is 47.3 Å². The Bertz CT molecular complexity index is 1340. The zero-order valence-corrected chi connectivity index (χ0v) is 20.5. The second-order valence-electron chi connectivity index (χ2n) is 7.57. The maximum atomic E-state index is 14.3. The van der Waals surface area contributed by atoms with Crippen molar-refractivity contribution in [2.45, 2.75) is 12.5 Å². The van der Waals surface area contributed by atoms with Gasteiger partial charge in [0.15, 0.2) is 23.1 Å².